The van der Waals surface area contributed by atoms with Crippen molar-refractivity contribution >= 4 is 21.6 Å². The van der Waals surface area contributed by atoms with Crippen LogP contribution >= 0.6 is 15.9 Å². The second kappa shape index (κ2) is 5.44. The molecule has 3 rings (SSSR count). The third kappa shape index (κ3) is 2.66. The van der Waals surface area contributed by atoms with Crippen molar-refractivity contribution in [3.63, 3.8) is 0 Å². The molecule has 104 valence electrons. The number of nitrogens with one attached hydrogen (secondary N) is 1. The monoisotopic (exact) mass is 335 g/mol. The van der Waals surface area contributed by atoms with Gasteiger partial charge in [-0.15, -0.1) is 0 Å². The molecule has 0 aliphatic carbocycles. The van der Waals surface area contributed by atoms with Crippen LogP contribution in [0.2, 0.25) is 0 Å². The summed E-state index contributed by atoms with van der Waals surface area (Å²) >= 11 is 3.19. The molecule has 2 nitrogen and oxygen atoms in total. The van der Waals surface area contributed by atoms with Gasteiger partial charge < -0.3 is 10.1 Å². The molecule has 4 heteroatoms. The Kier molecular flexibility index (Phi) is 3.66. The zero-order chi connectivity index (χ0) is 14.1. The first-order chi connectivity index (χ1) is 9.63. The van der Waals surface area contributed by atoms with Gasteiger partial charge in [0.15, 0.2) is 0 Å². The molecule has 0 bridgehead atoms. The molecule has 1 aliphatic rings. The first-order valence-corrected chi connectivity index (χ1v) is 7.37. The molecule has 0 fully saturated rings. The largest absolute Gasteiger partial charge is 0.493 e. The topological polar surface area (TPSA) is 21.3 Å². The summed E-state index contributed by atoms with van der Waals surface area (Å²) in [5.74, 6) is 0.736. The number of anilines is 1. The van der Waals surface area contributed by atoms with E-state index in [4.69, 9.17) is 4.74 Å². The standard InChI is InChI=1S/C16H15BrFNO/c1-10-6-13(17)14(18)8-15(10)19-9-11-2-3-16-12(7-11)4-5-20-16/h2-3,6-8,19H,4-5,9H2,1H3. The van der Waals surface area contributed by atoms with E-state index in [2.05, 4.69) is 27.3 Å². The van der Waals surface area contributed by atoms with Crippen LogP contribution in [0.15, 0.2) is 34.8 Å². The van der Waals surface area contributed by atoms with E-state index < -0.39 is 0 Å². The molecule has 0 saturated heterocycles. The highest BCUT2D eigenvalue weighted by Crippen LogP contribution is 2.27. The minimum atomic E-state index is -0.250. The number of aryl methyl sites for hydroxylation is 1. The van der Waals surface area contributed by atoms with Gasteiger partial charge in [0, 0.05) is 18.7 Å². The average Bonchev–Trinajstić information content (AvgIpc) is 2.89. The number of fused-ring (bicyclic) bond motifs is 1. The third-order valence-corrected chi connectivity index (χ3v) is 4.11. The Morgan fingerprint density at radius 1 is 1.30 bits per heavy atom. The summed E-state index contributed by atoms with van der Waals surface area (Å²) in [7, 11) is 0. The van der Waals surface area contributed by atoms with Crippen molar-refractivity contribution in [1.29, 1.82) is 0 Å². The zero-order valence-electron chi connectivity index (χ0n) is 11.2. The maximum absolute atomic E-state index is 13.6. The summed E-state index contributed by atoms with van der Waals surface area (Å²) in [6.45, 7) is 3.40. The maximum atomic E-state index is 13.6. The maximum Gasteiger partial charge on any atom is 0.139 e. The first-order valence-electron chi connectivity index (χ1n) is 6.57. The number of ether oxygens (including phenoxy) is 1. The van der Waals surface area contributed by atoms with E-state index in [9.17, 15) is 4.39 Å². The van der Waals surface area contributed by atoms with Gasteiger partial charge in [0.25, 0.3) is 0 Å². The molecule has 0 unspecified atom stereocenters. The van der Waals surface area contributed by atoms with Crippen LogP contribution in [0.5, 0.6) is 5.75 Å². The van der Waals surface area contributed by atoms with Crippen molar-refractivity contribution in [2.75, 3.05) is 11.9 Å². The van der Waals surface area contributed by atoms with Crippen LogP contribution in [-0.2, 0) is 13.0 Å². The smallest absolute Gasteiger partial charge is 0.139 e. The Balaban J connectivity index is 1.75. The Morgan fingerprint density at radius 2 is 2.15 bits per heavy atom. The fourth-order valence-electron chi connectivity index (χ4n) is 2.38. The lowest BCUT2D eigenvalue weighted by Gasteiger charge is -2.11. The second-order valence-electron chi connectivity index (χ2n) is 4.98. The highest BCUT2D eigenvalue weighted by Gasteiger charge is 2.12. The highest BCUT2D eigenvalue weighted by molar-refractivity contribution is 9.10. The summed E-state index contributed by atoms with van der Waals surface area (Å²) in [4.78, 5) is 0. The Hall–Kier alpha value is -1.55. The first kappa shape index (κ1) is 13.4. The lowest BCUT2D eigenvalue weighted by molar-refractivity contribution is 0.357. The number of halogens is 2. The Bertz CT molecular complexity index is 657. The minimum Gasteiger partial charge on any atom is -0.493 e. The van der Waals surface area contributed by atoms with E-state index in [1.54, 1.807) is 6.07 Å². The van der Waals surface area contributed by atoms with Crippen molar-refractivity contribution in [1.82, 2.24) is 0 Å². The van der Waals surface area contributed by atoms with Gasteiger partial charge in [-0.1, -0.05) is 12.1 Å². The van der Waals surface area contributed by atoms with Gasteiger partial charge in [-0.25, -0.2) is 4.39 Å². The van der Waals surface area contributed by atoms with Crippen molar-refractivity contribution in [2.24, 2.45) is 0 Å². The van der Waals surface area contributed by atoms with Crippen molar-refractivity contribution < 1.29 is 9.13 Å². The normalized spacial score (nSPS) is 12.9. The fraction of sp³-hybridized carbons (Fsp3) is 0.250. The van der Waals surface area contributed by atoms with Crippen molar-refractivity contribution in [2.45, 2.75) is 19.9 Å². The Morgan fingerprint density at radius 3 is 3.00 bits per heavy atom. The molecule has 1 N–H and O–H groups in total. The number of benzene rings is 2. The summed E-state index contributed by atoms with van der Waals surface area (Å²) in [5.41, 5.74) is 4.27. The molecule has 0 amide bonds. The number of hydrogen-bond donors (Lipinski definition) is 1. The molecule has 2 aromatic carbocycles. The van der Waals surface area contributed by atoms with Gasteiger partial charge in [0.2, 0.25) is 0 Å². The summed E-state index contributed by atoms with van der Waals surface area (Å²) in [6, 6.07) is 9.51. The molecule has 20 heavy (non-hydrogen) atoms. The summed E-state index contributed by atoms with van der Waals surface area (Å²) < 4.78 is 19.5. The lowest BCUT2D eigenvalue weighted by Crippen LogP contribution is -2.02. The molecule has 0 atom stereocenters. The molecule has 0 saturated carbocycles. The molecular weight excluding hydrogens is 321 g/mol. The van der Waals surface area contributed by atoms with Crippen LogP contribution in [-0.4, -0.2) is 6.61 Å². The van der Waals surface area contributed by atoms with E-state index in [1.165, 1.54) is 17.2 Å². The van der Waals surface area contributed by atoms with Gasteiger partial charge in [-0.3, -0.25) is 0 Å². The van der Waals surface area contributed by atoms with Crippen LogP contribution in [0.25, 0.3) is 0 Å². The molecular formula is C16H15BrFNO. The summed E-state index contributed by atoms with van der Waals surface area (Å²) in [5, 5.41) is 3.29. The third-order valence-electron chi connectivity index (χ3n) is 3.50. The predicted octanol–water partition coefficient (Wildman–Crippen LogP) is 4.44. The van der Waals surface area contributed by atoms with Gasteiger partial charge in [-0.05, 0) is 57.7 Å². The molecule has 0 radical (unpaired) electrons. The predicted molar refractivity (Wildman–Crippen MR) is 81.8 cm³/mol. The van der Waals surface area contributed by atoms with Crippen LogP contribution in [0.3, 0.4) is 0 Å². The zero-order valence-corrected chi connectivity index (χ0v) is 12.8. The van der Waals surface area contributed by atoms with E-state index in [-0.39, 0.29) is 5.82 Å². The minimum absolute atomic E-state index is 0.250. The Labute approximate surface area is 126 Å². The van der Waals surface area contributed by atoms with Crippen LogP contribution in [0.1, 0.15) is 16.7 Å². The van der Waals surface area contributed by atoms with E-state index in [1.807, 2.05) is 19.1 Å². The second-order valence-corrected chi connectivity index (χ2v) is 5.83. The highest BCUT2D eigenvalue weighted by atomic mass is 79.9. The molecule has 1 aliphatic heterocycles. The molecule has 0 spiro atoms. The van der Waals surface area contributed by atoms with E-state index in [0.29, 0.717) is 11.0 Å². The number of hydrogen-bond acceptors (Lipinski definition) is 2. The van der Waals surface area contributed by atoms with Crippen LogP contribution < -0.4 is 10.1 Å². The van der Waals surface area contributed by atoms with Gasteiger partial charge in [0.1, 0.15) is 11.6 Å². The van der Waals surface area contributed by atoms with Crippen molar-refractivity contribution in [3.05, 3.63) is 57.3 Å². The van der Waals surface area contributed by atoms with Gasteiger partial charge in [-0.2, -0.15) is 0 Å². The SMILES string of the molecule is Cc1cc(Br)c(F)cc1NCc1ccc2c(c1)CCO2. The number of rotatable bonds is 3. The summed E-state index contributed by atoms with van der Waals surface area (Å²) in [6.07, 6.45) is 0.967. The molecule has 2 aromatic rings. The lowest BCUT2D eigenvalue weighted by atomic mass is 10.1. The van der Waals surface area contributed by atoms with Gasteiger partial charge in [0.05, 0.1) is 11.1 Å². The molecule has 1 heterocycles. The average molecular weight is 336 g/mol. The van der Waals surface area contributed by atoms with Gasteiger partial charge >= 0.3 is 0 Å². The quantitative estimate of drug-likeness (QED) is 0.895. The molecule has 0 aromatic heterocycles. The van der Waals surface area contributed by atoms with Crippen LogP contribution in [0.4, 0.5) is 10.1 Å². The van der Waals surface area contributed by atoms with Crippen LogP contribution in [0, 0.1) is 12.7 Å². The van der Waals surface area contributed by atoms with E-state index in [0.717, 1.165) is 30.0 Å². The van der Waals surface area contributed by atoms with E-state index >= 15 is 0 Å². The fourth-order valence-corrected chi connectivity index (χ4v) is 2.84. The van der Waals surface area contributed by atoms with Crippen molar-refractivity contribution in [3.8, 4) is 5.75 Å².